The van der Waals surface area contributed by atoms with Crippen molar-refractivity contribution in [3.8, 4) is 11.1 Å². The molecule has 0 N–H and O–H groups in total. The lowest BCUT2D eigenvalue weighted by Crippen LogP contribution is -2.37. The van der Waals surface area contributed by atoms with Crippen LogP contribution in [-0.4, -0.2) is 66.6 Å². The number of pyridine rings is 1. The summed E-state index contributed by atoms with van der Waals surface area (Å²) in [6.07, 6.45) is 7.69. The molecule has 1 saturated heterocycles. The number of aromatic nitrogens is 1. The molecular weight excluding hydrogens is 374 g/mol. The fourth-order valence-electron chi connectivity index (χ4n) is 4.50. The van der Waals surface area contributed by atoms with Gasteiger partial charge in [0.2, 0.25) is 5.91 Å². The number of hydrogen-bond donors (Lipinski definition) is 0. The minimum atomic E-state index is -0.0412. The van der Waals surface area contributed by atoms with Crippen molar-refractivity contribution in [2.45, 2.75) is 19.8 Å². The van der Waals surface area contributed by atoms with Crippen molar-refractivity contribution < 1.29 is 9.53 Å². The predicted octanol–water partition coefficient (Wildman–Crippen LogP) is 3.42. The summed E-state index contributed by atoms with van der Waals surface area (Å²) >= 11 is 0. The number of hydrogen-bond acceptors (Lipinski definition) is 4. The van der Waals surface area contributed by atoms with Crippen molar-refractivity contribution in [3.05, 3.63) is 66.0 Å². The highest BCUT2D eigenvalue weighted by Gasteiger charge is 2.30. The van der Waals surface area contributed by atoms with Crippen molar-refractivity contribution in [1.82, 2.24) is 14.8 Å². The van der Waals surface area contributed by atoms with Crippen molar-refractivity contribution >= 4 is 5.91 Å². The quantitative estimate of drug-likeness (QED) is 0.691. The Morgan fingerprint density at radius 2 is 1.97 bits per heavy atom. The molecule has 3 heterocycles. The normalized spacial score (nSPS) is 20.7. The van der Waals surface area contributed by atoms with E-state index in [-0.39, 0.29) is 11.8 Å². The van der Waals surface area contributed by atoms with Crippen molar-refractivity contribution in [3.63, 3.8) is 0 Å². The lowest BCUT2D eigenvalue weighted by molar-refractivity contribution is -0.134. The van der Waals surface area contributed by atoms with E-state index in [0.717, 1.165) is 64.3 Å². The molecule has 30 heavy (non-hydrogen) atoms. The van der Waals surface area contributed by atoms with Gasteiger partial charge in [-0.05, 0) is 54.2 Å². The Bertz CT molecular complexity index is 881. The highest BCUT2D eigenvalue weighted by Crippen LogP contribution is 2.27. The molecule has 158 valence electrons. The summed E-state index contributed by atoms with van der Waals surface area (Å²) in [6.45, 7) is 7.78. The summed E-state index contributed by atoms with van der Waals surface area (Å²) in [4.78, 5) is 21.9. The van der Waals surface area contributed by atoms with Crippen LogP contribution in [0.4, 0.5) is 0 Å². The third-order valence-electron chi connectivity index (χ3n) is 6.09. The molecule has 0 unspecified atom stereocenters. The van der Waals surface area contributed by atoms with Crippen LogP contribution in [0, 0.1) is 5.92 Å². The molecule has 2 aliphatic heterocycles. The zero-order chi connectivity index (χ0) is 20.8. The van der Waals surface area contributed by atoms with Gasteiger partial charge in [-0.1, -0.05) is 30.3 Å². The molecule has 1 aromatic heterocycles. The molecule has 4 rings (SSSR count). The van der Waals surface area contributed by atoms with E-state index in [9.17, 15) is 4.79 Å². The summed E-state index contributed by atoms with van der Waals surface area (Å²) in [7, 11) is 0. The van der Waals surface area contributed by atoms with Gasteiger partial charge in [-0.25, -0.2) is 0 Å². The molecule has 0 spiro atoms. The first-order chi connectivity index (χ1) is 14.7. The Hall–Kier alpha value is -2.50. The molecule has 0 bridgehead atoms. The maximum absolute atomic E-state index is 13.3. The second-order valence-corrected chi connectivity index (χ2v) is 8.15. The van der Waals surface area contributed by atoms with Crippen LogP contribution >= 0.6 is 0 Å². The highest BCUT2D eigenvalue weighted by molar-refractivity contribution is 5.80. The summed E-state index contributed by atoms with van der Waals surface area (Å²) in [5, 5.41) is 0. The fraction of sp³-hybridized carbons (Fsp3) is 0.440. The fourth-order valence-corrected chi connectivity index (χ4v) is 4.50. The lowest BCUT2D eigenvalue weighted by atomic mass is 9.91. The molecule has 1 aromatic carbocycles. The van der Waals surface area contributed by atoms with Gasteiger partial charge in [0.25, 0.3) is 0 Å². The van der Waals surface area contributed by atoms with Gasteiger partial charge in [0, 0.05) is 45.1 Å². The Labute approximate surface area is 179 Å². The monoisotopic (exact) mass is 405 g/mol. The number of amides is 1. The summed E-state index contributed by atoms with van der Waals surface area (Å²) < 4.78 is 5.63. The zero-order valence-electron chi connectivity index (χ0n) is 17.8. The molecule has 1 amide bonds. The standard InChI is InChI=1S/C25H31N3O2/c1-2-28-14-13-27(17-20-6-5-15-30-19-20)18-23(25(28)29)16-22-7-3-4-8-24(22)21-9-11-26-12-10-21/h3-4,6-12,23H,2,5,13-19H2,1H3/t23-/m0/s1. The van der Waals surface area contributed by atoms with Crippen molar-refractivity contribution in [1.29, 1.82) is 0 Å². The number of likely N-dealkylation sites (N-methyl/N-ethyl adjacent to an activating group) is 1. The van der Waals surface area contributed by atoms with Gasteiger partial charge in [-0.15, -0.1) is 0 Å². The predicted molar refractivity (Wildman–Crippen MR) is 119 cm³/mol. The van der Waals surface area contributed by atoms with Crippen LogP contribution in [-0.2, 0) is 16.0 Å². The van der Waals surface area contributed by atoms with E-state index >= 15 is 0 Å². The van der Waals surface area contributed by atoms with Crippen LogP contribution in [0.3, 0.4) is 0 Å². The van der Waals surface area contributed by atoms with E-state index in [0.29, 0.717) is 0 Å². The van der Waals surface area contributed by atoms with Gasteiger partial charge in [0.1, 0.15) is 0 Å². The molecule has 0 aliphatic carbocycles. The smallest absolute Gasteiger partial charge is 0.227 e. The van der Waals surface area contributed by atoms with E-state index in [2.05, 4.69) is 47.1 Å². The van der Waals surface area contributed by atoms with Gasteiger partial charge in [-0.3, -0.25) is 14.7 Å². The molecule has 0 saturated carbocycles. The Morgan fingerprint density at radius 1 is 1.13 bits per heavy atom. The van der Waals surface area contributed by atoms with Crippen LogP contribution in [0.2, 0.25) is 0 Å². The van der Waals surface area contributed by atoms with E-state index in [1.807, 2.05) is 29.4 Å². The molecule has 2 aromatic rings. The van der Waals surface area contributed by atoms with Gasteiger partial charge in [-0.2, -0.15) is 0 Å². The molecular formula is C25H31N3O2. The third-order valence-corrected chi connectivity index (χ3v) is 6.09. The van der Waals surface area contributed by atoms with Gasteiger partial charge >= 0.3 is 0 Å². The lowest BCUT2D eigenvalue weighted by Gasteiger charge is -2.26. The Kier molecular flexibility index (Phi) is 6.92. The summed E-state index contributed by atoms with van der Waals surface area (Å²) in [5.74, 6) is 0.235. The summed E-state index contributed by atoms with van der Waals surface area (Å²) in [5.41, 5.74) is 4.90. The van der Waals surface area contributed by atoms with E-state index in [4.69, 9.17) is 4.74 Å². The third kappa shape index (κ3) is 4.97. The Balaban J connectivity index is 1.56. The van der Waals surface area contributed by atoms with Crippen LogP contribution < -0.4 is 0 Å². The number of ether oxygens (including phenoxy) is 1. The Morgan fingerprint density at radius 3 is 2.73 bits per heavy atom. The second kappa shape index (κ2) is 10.0. The first kappa shape index (κ1) is 20.8. The maximum Gasteiger partial charge on any atom is 0.227 e. The zero-order valence-corrected chi connectivity index (χ0v) is 17.8. The largest absolute Gasteiger partial charge is 0.377 e. The number of carbonyl (C=O) groups excluding carboxylic acids is 1. The van der Waals surface area contributed by atoms with E-state index in [1.165, 1.54) is 16.7 Å². The first-order valence-corrected chi connectivity index (χ1v) is 11.0. The first-order valence-electron chi connectivity index (χ1n) is 11.0. The van der Waals surface area contributed by atoms with Gasteiger partial charge in [0.15, 0.2) is 0 Å². The molecule has 5 heteroatoms. The second-order valence-electron chi connectivity index (χ2n) is 8.15. The average Bonchev–Trinajstić information content (AvgIpc) is 2.94. The van der Waals surface area contributed by atoms with Crippen molar-refractivity contribution in [2.24, 2.45) is 5.92 Å². The van der Waals surface area contributed by atoms with Crippen LogP contribution in [0.1, 0.15) is 18.9 Å². The van der Waals surface area contributed by atoms with Crippen LogP contribution in [0.5, 0.6) is 0 Å². The number of benzene rings is 1. The van der Waals surface area contributed by atoms with Crippen LogP contribution in [0.25, 0.3) is 11.1 Å². The number of rotatable bonds is 6. The molecule has 1 fully saturated rings. The minimum Gasteiger partial charge on any atom is -0.377 e. The number of carbonyl (C=O) groups is 1. The minimum absolute atomic E-state index is 0.0412. The van der Waals surface area contributed by atoms with Crippen LogP contribution in [0.15, 0.2) is 60.4 Å². The highest BCUT2D eigenvalue weighted by atomic mass is 16.5. The maximum atomic E-state index is 13.3. The topological polar surface area (TPSA) is 45.7 Å². The number of nitrogens with zero attached hydrogens (tertiary/aromatic N) is 3. The van der Waals surface area contributed by atoms with Crippen molar-refractivity contribution in [2.75, 3.05) is 45.9 Å². The molecule has 0 radical (unpaired) electrons. The average molecular weight is 406 g/mol. The van der Waals surface area contributed by atoms with E-state index < -0.39 is 0 Å². The molecule has 5 nitrogen and oxygen atoms in total. The summed E-state index contributed by atoms with van der Waals surface area (Å²) in [6, 6.07) is 12.5. The SMILES string of the molecule is CCN1CCN(CC2=CCCOC2)C[C@H](Cc2ccccc2-c2ccncc2)C1=O. The van der Waals surface area contributed by atoms with Gasteiger partial charge < -0.3 is 9.64 Å². The molecule has 1 atom stereocenters. The molecule has 2 aliphatic rings. The van der Waals surface area contributed by atoms with E-state index in [1.54, 1.807) is 0 Å². The van der Waals surface area contributed by atoms with Gasteiger partial charge in [0.05, 0.1) is 19.1 Å².